The van der Waals surface area contributed by atoms with Gasteiger partial charge in [-0.15, -0.1) is 0 Å². The number of nitrogens with zero attached hydrogens (tertiary/aromatic N) is 1. The molecule has 1 aromatic carbocycles. The van der Waals surface area contributed by atoms with Crippen molar-refractivity contribution < 1.29 is 5.11 Å². The third-order valence-electron chi connectivity index (χ3n) is 2.24. The van der Waals surface area contributed by atoms with E-state index in [1.165, 1.54) is 11.3 Å². The van der Waals surface area contributed by atoms with Crippen LogP contribution in [0.3, 0.4) is 0 Å². The second-order valence-electron chi connectivity index (χ2n) is 3.27. The van der Waals surface area contributed by atoms with Crippen LogP contribution < -0.4 is 4.90 Å². The Hall–Kier alpha value is -1.02. The summed E-state index contributed by atoms with van der Waals surface area (Å²) in [6.45, 7) is 3.60. The molecule has 0 aromatic heterocycles. The second-order valence-corrected chi connectivity index (χ2v) is 3.27. The Labute approximate surface area is 72.4 Å². The number of aliphatic hydroxyl groups excluding tert-OH is 1. The highest BCUT2D eigenvalue weighted by Gasteiger charge is 2.24. The van der Waals surface area contributed by atoms with Crippen LogP contribution in [0.15, 0.2) is 18.2 Å². The summed E-state index contributed by atoms with van der Waals surface area (Å²) in [5, 5.41) is 9.12. The van der Waals surface area contributed by atoms with Gasteiger partial charge in [0.2, 0.25) is 0 Å². The monoisotopic (exact) mass is 162 g/mol. The van der Waals surface area contributed by atoms with Gasteiger partial charge in [0.05, 0.1) is 6.10 Å². The van der Waals surface area contributed by atoms with Gasteiger partial charge in [-0.05, 0) is 30.7 Å². The summed E-state index contributed by atoms with van der Waals surface area (Å²) in [4.78, 5) is 2.17. The van der Waals surface area contributed by atoms with Gasteiger partial charge in [-0.3, -0.25) is 0 Å². The van der Waals surface area contributed by atoms with Crippen molar-refractivity contribution >= 4 is 5.69 Å². The van der Waals surface area contributed by atoms with Gasteiger partial charge in [0.25, 0.3) is 0 Å². The number of β-amino-alcohol motifs (C(OH)–C–C–N with tert-alkyl or cyclic N) is 1. The van der Waals surface area contributed by atoms with E-state index in [1.54, 1.807) is 0 Å². The predicted octanol–water partition coefficient (Wildman–Crippen LogP) is 0.976. The predicted molar refractivity (Wildman–Crippen MR) is 48.2 cm³/mol. The molecule has 0 amide bonds. The molecule has 0 unspecified atom stereocenters. The first kappa shape index (κ1) is 7.62. The molecule has 1 aliphatic heterocycles. The Bertz CT molecular complexity index is 279. The maximum atomic E-state index is 9.12. The van der Waals surface area contributed by atoms with Crippen LogP contribution in [0.1, 0.15) is 5.56 Å². The highest BCUT2D eigenvalue weighted by atomic mass is 16.3. The van der Waals surface area contributed by atoms with Crippen molar-refractivity contribution in [3.05, 3.63) is 29.8 Å². The zero-order chi connectivity index (χ0) is 8.55. The van der Waals surface area contributed by atoms with Gasteiger partial charge >= 0.3 is 0 Å². The van der Waals surface area contributed by atoms with Crippen molar-refractivity contribution in [3.63, 3.8) is 0 Å². The van der Waals surface area contributed by atoms with E-state index < -0.39 is 0 Å². The normalized spacial score (nSPS) is 17.7. The smallest absolute Gasteiger partial charge is 0.0889 e. The van der Waals surface area contributed by atoms with Gasteiger partial charge in [0.1, 0.15) is 0 Å². The molecule has 2 nitrogen and oxygen atoms in total. The number of anilines is 1. The first-order chi connectivity index (χ1) is 5.77. The molecule has 0 atom stereocenters. The van der Waals surface area contributed by atoms with Crippen LogP contribution in [0.25, 0.3) is 0 Å². The summed E-state index contributed by atoms with van der Waals surface area (Å²) in [5.41, 5.74) is 2.45. The molecule has 0 saturated carbocycles. The number of aryl methyl sites for hydroxylation is 1. The van der Waals surface area contributed by atoms with Crippen molar-refractivity contribution in [2.75, 3.05) is 18.0 Å². The summed E-state index contributed by atoms with van der Waals surface area (Å²) in [7, 11) is 0. The number of rotatable bonds is 1. The molecule has 1 aromatic rings. The van der Waals surface area contributed by atoms with Crippen LogP contribution in [0, 0.1) is 13.0 Å². The minimum absolute atomic E-state index is 0.131. The minimum Gasteiger partial charge on any atom is -0.389 e. The summed E-state index contributed by atoms with van der Waals surface area (Å²) in [6.07, 6.45) is -0.131. The molecule has 1 saturated heterocycles. The molecule has 0 bridgehead atoms. The highest BCUT2D eigenvalue weighted by molar-refractivity contribution is 5.54. The standard InChI is InChI=1S/C10H12NO/c1-8-4-2-3-5-10(8)11-6-9(12)7-11/h3-5,9,12H,6-7H2,1H3. The fourth-order valence-electron chi connectivity index (χ4n) is 1.51. The SMILES string of the molecule is Cc1c[c]ccc1N1CC(O)C1. The molecule has 0 aliphatic carbocycles. The Morgan fingerprint density at radius 3 is 2.92 bits per heavy atom. The summed E-state index contributed by atoms with van der Waals surface area (Å²) in [6, 6.07) is 8.95. The minimum atomic E-state index is -0.131. The zero-order valence-electron chi connectivity index (χ0n) is 7.12. The average molecular weight is 162 g/mol. The van der Waals surface area contributed by atoms with E-state index in [-0.39, 0.29) is 6.10 Å². The summed E-state index contributed by atoms with van der Waals surface area (Å²) < 4.78 is 0. The van der Waals surface area contributed by atoms with E-state index in [4.69, 9.17) is 5.11 Å². The van der Waals surface area contributed by atoms with E-state index in [0.29, 0.717) is 0 Å². The number of hydrogen-bond donors (Lipinski definition) is 1. The summed E-state index contributed by atoms with van der Waals surface area (Å²) >= 11 is 0. The Kier molecular flexibility index (Phi) is 1.77. The van der Waals surface area contributed by atoms with Gasteiger partial charge in [-0.2, -0.15) is 0 Å². The first-order valence-corrected chi connectivity index (χ1v) is 4.17. The average Bonchev–Trinajstić information content (AvgIpc) is 2.01. The number of hydrogen-bond acceptors (Lipinski definition) is 2. The van der Waals surface area contributed by atoms with Crippen molar-refractivity contribution in [1.82, 2.24) is 0 Å². The van der Waals surface area contributed by atoms with Gasteiger partial charge < -0.3 is 10.0 Å². The van der Waals surface area contributed by atoms with Crippen LogP contribution in [0.2, 0.25) is 0 Å². The lowest BCUT2D eigenvalue weighted by Crippen LogP contribution is -2.51. The largest absolute Gasteiger partial charge is 0.389 e. The van der Waals surface area contributed by atoms with Crippen LogP contribution in [0.4, 0.5) is 5.69 Å². The van der Waals surface area contributed by atoms with Crippen molar-refractivity contribution in [3.8, 4) is 0 Å². The fraction of sp³-hybridized carbons (Fsp3) is 0.400. The maximum absolute atomic E-state index is 9.12. The number of aliphatic hydroxyl groups is 1. The Morgan fingerprint density at radius 2 is 2.33 bits per heavy atom. The Morgan fingerprint density at radius 1 is 1.58 bits per heavy atom. The fourth-order valence-corrected chi connectivity index (χ4v) is 1.51. The lowest BCUT2D eigenvalue weighted by molar-refractivity contribution is 0.142. The van der Waals surface area contributed by atoms with Gasteiger partial charge in [-0.1, -0.05) is 6.07 Å². The van der Waals surface area contributed by atoms with Crippen LogP contribution >= 0.6 is 0 Å². The van der Waals surface area contributed by atoms with Crippen molar-refractivity contribution in [2.45, 2.75) is 13.0 Å². The van der Waals surface area contributed by atoms with E-state index in [9.17, 15) is 0 Å². The van der Waals surface area contributed by atoms with Gasteiger partial charge in [-0.25, -0.2) is 0 Å². The quantitative estimate of drug-likeness (QED) is 0.665. The molecule has 1 fully saturated rings. The lowest BCUT2D eigenvalue weighted by Gasteiger charge is -2.38. The first-order valence-electron chi connectivity index (χ1n) is 4.17. The van der Waals surface area contributed by atoms with E-state index in [1.807, 2.05) is 18.2 Å². The van der Waals surface area contributed by atoms with Crippen LogP contribution in [-0.2, 0) is 0 Å². The van der Waals surface area contributed by atoms with Crippen molar-refractivity contribution in [2.24, 2.45) is 0 Å². The van der Waals surface area contributed by atoms with E-state index >= 15 is 0 Å². The topological polar surface area (TPSA) is 23.5 Å². The molecule has 1 radical (unpaired) electrons. The molecule has 2 heteroatoms. The molecule has 1 aliphatic rings. The third-order valence-corrected chi connectivity index (χ3v) is 2.24. The highest BCUT2D eigenvalue weighted by Crippen LogP contribution is 2.23. The second kappa shape index (κ2) is 2.79. The van der Waals surface area contributed by atoms with Gasteiger partial charge in [0, 0.05) is 18.8 Å². The lowest BCUT2D eigenvalue weighted by atomic mass is 10.1. The molecule has 1 heterocycles. The Balaban J connectivity index is 2.18. The molecule has 63 valence electrons. The number of benzene rings is 1. The molecule has 1 N–H and O–H groups in total. The van der Waals surface area contributed by atoms with Crippen LogP contribution in [-0.4, -0.2) is 24.3 Å². The van der Waals surface area contributed by atoms with E-state index in [2.05, 4.69) is 17.9 Å². The van der Waals surface area contributed by atoms with E-state index in [0.717, 1.165) is 13.1 Å². The van der Waals surface area contributed by atoms with Crippen LogP contribution in [0.5, 0.6) is 0 Å². The molecule has 2 rings (SSSR count). The molecular weight excluding hydrogens is 150 g/mol. The molecular formula is C10H12NO. The van der Waals surface area contributed by atoms with Crippen molar-refractivity contribution in [1.29, 1.82) is 0 Å². The van der Waals surface area contributed by atoms with Gasteiger partial charge in [0.15, 0.2) is 0 Å². The molecule has 0 spiro atoms. The molecule has 12 heavy (non-hydrogen) atoms. The summed E-state index contributed by atoms with van der Waals surface area (Å²) in [5.74, 6) is 0. The maximum Gasteiger partial charge on any atom is 0.0889 e. The zero-order valence-corrected chi connectivity index (χ0v) is 7.12. The third kappa shape index (κ3) is 1.18.